The summed E-state index contributed by atoms with van der Waals surface area (Å²) in [5.41, 5.74) is 5.96. The molecule has 0 amide bonds. The van der Waals surface area contributed by atoms with Gasteiger partial charge in [0, 0.05) is 12.2 Å². The third-order valence-corrected chi connectivity index (χ3v) is 2.46. The van der Waals surface area contributed by atoms with E-state index in [0.29, 0.717) is 25.2 Å². The van der Waals surface area contributed by atoms with Crippen LogP contribution in [0.2, 0.25) is 0 Å². The van der Waals surface area contributed by atoms with Crippen LogP contribution in [0.25, 0.3) is 0 Å². The fraction of sp³-hybridized carbons (Fsp3) is 0.400. The number of halogens is 1. The first-order valence-corrected chi connectivity index (χ1v) is 4.34. The molecule has 1 aromatic carbocycles. The maximum absolute atomic E-state index is 13.4. The monoisotopic (exact) mass is 181 g/mol. The fourth-order valence-corrected chi connectivity index (χ4v) is 1.66. The van der Waals surface area contributed by atoms with E-state index in [1.54, 1.807) is 18.2 Å². The maximum Gasteiger partial charge on any atom is 0.128 e. The Morgan fingerprint density at radius 2 is 2.15 bits per heavy atom. The van der Waals surface area contributed by atoms with Gasteiger partial charge >= 0.3 is 0 Å². The molecule has 0 bridgehead atoms. The van der Waals surface area contributed by atoms with E-state index in [-0.39, 0.29) is 5.82 Å². The molecule has 1 fully saturated rings. The molecule has 1 heterocycles. The number of nitrogens with two attached hydrogens (primary N) is 1. The lowest BCUT2D eigenvalue weighted by molar-refractivity contribution is 0.177. The summed E-state index contributed by atoms with van der Waals surface area (Å²) in [7, 11) is 0. The minimum absolute atomic E-state index is 0.240. The van der Waals surface area contributed by atoms with Gasteiger partial charge in [-0.25, -0.2) is 4.39 Å². The van der Waals surface area contributed by atoms with Crippen molar-refractivity contribution in [2.24, 2.45) is 5.73 Å². The number of hydrogen-bond acceptors (Lipinski definition) is 2. The number of hydrogen-bond donors (Lipinski definition) is 1. The van der Waals surface area contributed by atoms with Crippen LogP contribution in [0.5, 0.6) is 0 Å². The molecule has 2 nitrogen and oxygen atoms in total. The zero-order chi connectivity index (χ0) is 9.31. The summed E-state index contributed by atoms with van der Waals surface area (Å²) in [5, 5.41) is 0. The molecule has 0 aliphatic carbocycles. The van der Waals surface area contributed by atoms with E-state index in [1.807, 2.05) is 0 Å². The number of ether oxygens (including phenoxy) is 1. The van der Waals surface area contributed by atoms with E-state index < -0.39 is 5.54 Å². The van der Waals surface area contributed by atoms with Crippen LogP contribution in [0.1, 0.15) is 12.0 Å². The van der Waals surface area contributed by atoms with Gasteiger partial charge in [-0.3, -0.25) is 0 Å². The van der Waals surface area contributed by atoms with Gasteiger partial charge < -0.3 is 10.5 Å². The summed E-state index contributed by atoms with van der Waals surface area (Å²) >= 11 is 0. The Labute approximate surface area is 76.5 Å². The minimum Gasteiger partial charge on any atom is -0.379 e. The Hall–Kier alpha value is -0.930. The van der Waals surface area contributed by atoms with Gasteiger partial charge in [0.25, 0.3) is 0 Å². The lowest BCUT2D eigenvalue weighted by Gasteiger charge is -2.22. The van der Waals surface area contributed by atoms with Crippen molar-refractivity contribution in [3.63, 3.8) is 0 Å². The summed E-state index contributed by atoms with van der Waals surface area (Å²) < 4.78 is 18.5. The predicted octanol–water partition coefficient (Wildman–Crippen LogP) is 1.40. The smallest absolute Gasteiger partial charge is 0.128 e. The molecule has 2 rings (SSSR count). The van der Waals surface area contributed by atoms with Crippen molar-refractivity contribution in [1.29, 1.82) is 0 Å². The van der Waals surface area contributed by atoms with Crippen molar-refractivity contribution in [3.8, 4) is 0 Å². The Bertz CT molecular complexity index is 308. The number of rotatable bonds is 1. The second-order valence-electron chi connectivity index (χ2n) is 3.44. The van der Waals surface area contributed by atoms with Gasteiger partial charge in [-0.2, -0.15) is 0 Å². The molecular formula is C10H12FNO. The highest BCUT2D eigenvalue weighted by Gasteiger charge is 2.34. The third kappa shape index (κ3) is 1.45. The standard InChI is InChI=1S/C10H12FNO/c11-9-4-2-1-3-8(9)10(12)5-6-13-7-10/h1-4H,5-7,12H2. The topological polar surface area (TPSA) is 35.2 Å². The predicted molar refractivity (Wildman–Crippen MR) is 47.7 cm³/mol. The zero-order valence-electron chi connectivity index (χ0n) is 7.29. The quantitative estimate of drug-likeness (QED) is 0.710. The van der Waals surface area contributed by atoms with Crippen LogP contribution in [-0.2, 0) is 10.3 Å². The average Bonchev–Trinajstić information content (AvgIpc) is 2.54. The minimum atomic E-state index is -0.620. The molecule has 3 heteroatoms. The van der Waals surface area contributed by atoms with Crippen molar-refractivity contribution >= 4 is 0 Å². The molecule has 1 atom stereocenters. The van der Waals surface area contributed by atoms with Gasteiger partial charge in [-0.05, 0) is 12.5 Å². The molecule has 1 aliphatic heterocycles. The molecule has 1 aromatic rings. The summed E-state index contributed by atoms with van der Waals surface area (Å²) in [6, 6.07) is 6.62. The third-order valence-electron chi connectivity index (χ3n) is 2.46. The van der Waals surface area contributed by atoms with Crippen LogP contribution in [-0.4, -0.2) is 13.2 Å². The van der Waals surface area contributed by atoms with E-state index in [1.165, 1.54) is 6.07 Å². The summed E-state index contributed by atoms with van der Waals surface area (Å²) in [6.45, 7) is 1.03. The van der Waals surface area contributed by atoms with Crippen molar-refractivity contribution in [1.82, 2.24) is 0 Å². The molecule has 1 saturated heterocycles. The van der Waals surface area contributed by atoms with Crippen molar-refractivity contribution < 1.29 is 9.13 Å². The van der Waals surface area contributed by atoms with Crippen LogP contribution in [0, 0.1) is 5.82 Å². The highest BCUT2D eigenvalue weighted by molar-refractivity contribution is 5.26. The van der Waals surface area contributed by atoms with E-state index >= 15 is 0 Å². The van der Waals surface area contributed by atoms with Gasteiger partial charge in [0.05, 0.1) is 12.1 Å². The second-order valence-corrected chi connectivity index (χ2v) is 3.44. The molecule has 2 N–H and O–H groups in total. The highest BCUT2D eigenvalue weighted by atomic mass is 19.1. The Kier molecular flexibility index (Phi) is 2.06. The van der Waals surface area contributed by atoms with Crippen LogP contribution in [0.4, 0.5) is 4.39 Å². The Morgan fingerprint density at radius 3 is 2.77 bits per heavy atom. The largest absolute Gasteiger partial charge is 0.379 e. The summed E-state index contributed by atoms with van der Waals surface area (Å²) in [5.74, 6) is -0.240. The van der Waals surface area contributed by atoms with Gasteiger partial charge in [0.2, 0.25) is 0 Å². The molecule has 1 aliphatic rings. The molecule has 13 heavy (non-hydrogen) atoms. The van der Waals surface area contributed by atoms with Crippen molar-refractivity contribution in [3.05, 3.63) is 35.6 Å². The lowest BCUT2D eigenvalue weighted by atomic mass is 9.90. The molecule has 0 aromatic heterocycles. The van der Waals surface area contributed by atoms with Gasteiger partial charge in [-0.1, -0.05) is 18.2 Å². The van der Waals surface area contributed by atoms with Gasteiger partial charge in [-0.15, -0.1) is 0 Å². The lowest BCUT2D eigenvalue weighted by Crippen LogP contribution is -2.37. The van der Waals surface area contributed by atoms with Crippen LogP contribution >= 0.6 is 0 Å². The molecule has 70 valence electrons. The van der Waals surface area contributed by atoms with Crippen molar-refractivity contribution in [2.75, 3.05) is 13.2 Å². The molecule has 0 spiro atoms. The van der Waals surface area contributed by atoms with Crippen LogP contribution in [0.15, 0.2) is 24.3 Å². The summed E-state index contributed by atoms with van der Waals surface area (Å²) in [6.07, 6.45) is 0.688. The molecular weight excluding hydrogens is 169 g/mol. The van der Waals surface area contributed by atoms with Gasteiger partial charge in [0.15, 0.2) is 0 Å². The Balaban J connectivity index is 2.39. The van der Waals surface area contributed by atoms with E-state index in [0.717, 1.165) is 0 Å². The van der Waals surface area contributed by atoms with E-state index in [4.69, 9.17) is 10.5 Å². The average molecular weight is 181 g/mol. The van der Waals surface area contributed by atoms with E-state index in [2.05, 4.69) is 0 Å². The van der Waals surface area contributed by atoms with Gasteiger partial charge in [0.1, 0.15) is 5.82 Å². The SMILES string of the molecule is NC1(c2ccccc2F)CCOC1. The van der Waals surface area contributed by atoms with Crippen LogP contribution in [0.3, 0.4) is 0 Å². The van der Waals surface area contributed by atoms with E-state index in [9.17, 15) is 4.39 Å². The number of benzene rings is 1. The Morgan fingerprint density at radius 1 is 1.38 bits per heavy atom. The maximum atomic E-state index is 13.4. The fourth-order valence-electron chi connectivity index (χ4n) is 1.66. The molecule has 0 radical (unpaired) electrons. The first kappa shape index (κ1) is 8.66. The molecule has 1 unspecified atom stereocenters. The first-order chi connectivity index (χ1) is 6.22. The van der Waals surface area contributed by atoms with Crippen LogP contribution < -0.4 is 5.73 Å². The zero-order valence-corrected chi connectivity index (χ0v) is 7.29. The van der Waals surface area contributed by atoms with Crippen molar-refractivity contribution in [2.45, 2.75) is 12.0 Å². The first-order valence-electron chi connectivity index (χ1n) is 4.34. The summed E-state index contributed by atoms with van der Waals surface area (Å²) in [4.78, 5) is 0. The normalized spacial score (nSPS) is 27.8. The molecule has 0 saturated carbocycles. The highest BCUT2D eigenvalue weighted by Crippen LogP contribution is 2.29. The second kappa shape index (κ2) is 3.09.